The third kappa shape index (κ3) is 5.58. The minimum absolute atomic E-state index is 0. The Kier molecular flexibility index (Phi) is 9.80. The molecule has 2 rings (SSSR count). The van der Waals surface area contributed by atoms with Gasteiger partial charge < -0.3 is 14.8 Å². The topological polar surface area (TPSA) is 33.7 Å². The van der Waals surface area contributed by atoms with Gasteiger partial charge in [-0.3, -0.25) is 4.90 Å². The highest BCUT2D eigenvalue weighted by Crippen LogP contribution is 2.40. The zero-order valence-electron chi connectivity index (χ0n) is 13.6. The molecule has 0 amide bonds. The highest BCUT2D eigenvalue weighted by Gasteiger charge is 2.45. The number of halogens is 5. The maximum atomic E-state index is 13.5. The highest BCUT2D eigenvalue weighted by atomic mass is 35.5. The largest absolute Gasteiger partial charge is 0.493 e. The summed E-state index contributed by atoms with van der Waals surface area (Å²) in [5.74, 6) is 0.777. The Morgan fingerprint density at radius 3 is 2.29 bits per heavy atom. The van der Waals surface area contributed by atoms with Crippen molar-refractivity contribution in [3.63, 3.8) is 0 Å². The summed E-state index contributed by atoms with van der Waals surface area (Å²) in [6.45, 7) is 4.07. The number of nitrogens with one attached hydrogen (secondary N) is 1. The monoisotopic (exact) mass is 390 g/mol. The van der Waals surface area contributed by atoms with Gasteiger partial charge in [-0.2, -0.15) is 13.2 Å². The molecule has 0 aromatic heterocycles. The van der Waals surface area contributed by atoms with Gasteiger partial charge in [0.05, 0.1) is 13.7 Å². The number of hydrogen-bond donors (Lipinski definition) is 1. The Bertz CT molecular complexity index is 498. The maximum absolute atomic E-state index is 13.5. The first-order valence-electron chi connectivity index (χ1n) is 7.29. The molecule has 0 bridgehead atoms. The second-order valence-corrected chi connectivity index (χ2v) is 5.07. The van der Waals surface area contributed by atoms with Gasteiger partial charge in [-0.1, -0.05) is 6.07 Å². The molecule has 1 aliphatic rings. The predicted molar refractivity (Wildman–Crippen MR) is 91.9 cm³/mol. The Morgan fingerprint density at radius 2 is 1.79 bits per heavy atom. The highest BCUT2D eigenvalue weighted by molar-refractivity contribution is 5.85. The van der Waals surface area contributed by atoms with Gasteiger partial charge in [0.15, 0.2) is 11.5 Å². The number of piperazine rings is 1. The first-order valence-corrected chi connectivity index (χ1v) is 7.29. The molecule has 1 saturated heterocycles. The number of ether oxygens (including phenoxy) is 2. The molecule has 0 radical (unpaired) electrons. The van der Waals surface area contributed by atoms with Crippen LogP contribution in [0.2, 0.25) is 0 Å². The lowest BCUT2D eigenvalue weighted by atomic mass is 10.0. The fourth-order valence-electron chi connectivity index (χ4n) is 2.68. The van der Waals surface area contributed by atoms with E-state index in [2.05, 4.69) is 5.32 Å². The summed E-state index contributed by atoms with van der Waals surface area (Å²) in [7, 11) is 1.43. The second-order valence-electron chi connectivity index (χ2n) is 5.07. The van der Waals surface area contributed by atoms with E-state index in [1.807, 2.05) is 6.92 Å². The van der Waals surface area contributed by atoms with Gasteiger partial charge in [-0.25, -0.2) is 0 Å². The molecule has 1 aromatic rings. The summed E-state index contributed by atoms with van der Waals surface area (Å²) < 4.78 is 51.2. The van der Waals surface area contributed by atoms with Crippen LogP contribution in [0.25, 0.3) is 0 Å². The van der Waals surface area contributed by atoms with Crippen molar-refractivity contribution in [2.24, 2.45) is 0 Å². The summed E-state index contributed by atoms with van der Waals surface area (Å²) in [4.78, 5) is 1.45. The second kappa shape index (κ2) is 10.2. The van der Waals surface area contributed by atoms with Crippen molar-refractivity contribution in [3.8, 4) is 11.5 Å². The Labute approximate surface area is 152 Å². The van der Waals surface area contributed by atoms with Crippen LogP contribution in [0.5, 0.6) is 11.5 Å². The molecule has 0 unspecified atom stereocenters. The van der Waals surface area contributed by atoms with Crippen molar-refractivity contribution in [3.05, 3.63) is 23.8 Å². The van der Waals surface area contributed by atoms with Crippen molar-refractivity contribution in [2.75, 3.05) is 39.9 Å². The minimum atomic E-state index is -4.34. The van der Waals surface area contributed by atoms with Crippen LogP contribution in [-0.2, 0) is 0 Å². The van der Waals surface area contributed by atoms with Gasteiger partial charge in [0, 0.05) is 26.2 Å². The van der Waals surface area contributed by atoms with E-state index < -0.39 is 12.2 Å². The Hall–Kier alpha value is -0.890. The Balaban J connectivity index is 0.00000264. The molecule has 1 fully saturated rings. The summed E-state index contributed by atoms with van der Waals surface area (Å²) in [5.41, 5.74) is 0.176. The molecule has 1 N–H and O–H groups in total. The van der Waals surface area contributed by atoms with E-state index in [0.717, 1.165) is 0 Å². The normalized spacial score (nSPS) is 16.5. The standard InChI is InChI=1S/C15H21F3N2O2.2ClH/c1-3-22-12-5-4-11(10-13(12)21-2)14(15(16,17)18)20-8-6-19-7-9-20;;/h4-5,10,14,19H,3,6-9H2,1-2H3;2*1H/t14-;;/m1../s1. The number of methoxy groups -OCH3 is 1. The van der Waals surface area contributed by atoms with Crippen molar-refractivity contribution in [1.82, 2.24) is 10.2 Å². The molecule has 1 aromatic carbocycles. The lowest BCUT2D eigenvalue weighted by Gasteiger charge is -2.36. The molecule has 1 aliphatic heterocycles. The first-order chi connectivity index (χ1) is 10.5. The predicted octanol–water partition coefficient (Wildman–Crippen LogP) is 3.45. The van der Waals surface area contributed by atoms with Crippen LogP contribution in [0.15, 0.2) is 18.2 Å². The third-order valence-electron chi connectivity index (χ3n) is 3.63. The van der Waals surface area contributed by atoms with E-state index in [0.29, 0.717) is 44.3 Å². The molecule has 0 saturated carbocycles. The molecule has 4 nitrogen and oxygen atoms in total. The number of benzene rings is 1. The zero-order chi connectivity index (χ0) is 16.2. The van der Waals surface area contributed by atoms with Crippen LogP contribution < -0.4 is 14.8 Å². The number of rotatable bonds is 5. The average Bonchev–Trinajstić information content (AvgIpc) is 2.49. The zero-order valence-corrected chi connectivity index (χ0v) is 15.2. The van der Waals surface area contributed by atoms with Crippen molar-refractivity contribution >= 4 is 24.8 Å². The van der Waals surface area contributed by atoms with Crippen molar-refractivity contribution in [2.45, 2.75) is 19.1 Å². The van der Waals surface area contributed by atoms with Crippen molar-refractivity contribution in [1.29, 1.82) is 0 Å². The molecular formula is C15H23Cl2F3N2O2. The summed E-state index contributed by atoms with van der Waals surface area (Å²) in [6.07, 6.45) is -4.34. The molecule has 0 spiro atoms. The van der Waals surface area contributed by atoms with E-state index in [4.69, 9.17) is 9.47 Å². The fraction of sp³-hybridized carbons (Fsp3) is 0.600. The van der Waals surface area contributed by atoms with E-state index in [1.165, 1.54) is 24.1 Å². The van der Waals surface area contributed by atoms with Crippen LogP contribution in [0, 0.1) is 0 Å². The van der Waals surface area contributed by atoms with Gasteiger partial charge >= 0.3 is 6.18 Å². The van der Waals surface area contributed by atoms with Gasteiger partial charge in [0.2, 0.25) is 0 Å². The first kappa shape index (κ1) is 23.1. The lowest BCUT2D eigenvalue weighted by Crippen LogP contribution is -2.49. The SMILES string of the molecule is CCOc1ccc([C@@H](N2CCNCC2)C(F)(F)F)cc1OC.Cl.Cl. The molecule has 24 heavy (non-hydrogen) atoms. The van der Waals surface area contributed by atoms with Gasteiger partial charge in [-0.05, 0) is 24.6 Å². The lowest BCUT2D eigenvalue weighted by molar-refractivity contribution is -0.187. The number of hydrogen-bond acceptors (Lipinski definition) is 4. The smallest absolute Gasteiger partial charge is 0.408 e. The maximum Gasteiger partial charge on any atom is 0.408 e. The van der Waals surface area contributed by atoms with E-state index in [-0.39, 0.29) is 30.4 Å². The molecule has 1 heterocycles. The third-order valence-corrected chi connectivity index (χ3v) is 3.63. The summed E-state index contributed by atoms with van der Waals surface area (Å²) in [6, 6.07) is 2.80. The van der Waals surface area contributed by atoms with E-state index >= 15 is 0 Å². The van der Waals surface area contributed by atoms with Gasteiger partial charge in [0.25, 0.3) is 0 Å². The number of alkyl halides is 3. The van der Waals surface area contributed by atoms with Crippen LogP contribution >= 0.6 is 24.8 Å². The van der Waals surface area contributed by atoms with E-state index in [1.54, 1.807) is 6.07 Å². The summed E-state index contributed by atoms with van der Waals surface area (Å²) >= 11 is 0. The van der Waals surface area contributed by atoms with Crippen LogP contribution in [0.1, 0.15) is 18.5 Å². The van der Waals surface area contributed by atoms with Crippen LogP contribution in [-0.4, -0.2) is 51.0 Å². The van der Waals surface area contributed by atoms with Crippen molar-refractivity contribution < 1.29 is 22.6 Å². The van der Waals surface area contributed by atoms with Gasteiger partial charge in [-0.15, -0.1) is 24.8 Å². The van der Waals surface area contributed by atoms with Gasteiger partial charge in [0.1, 0.15) is 6.04 Å². The molecule has 140 valence electrons. The summed E-state index contributed by atoms with van der Waals surface area (Å²) in [5, 5.41) is 3.07. The van der Waals surface area contributed by atoms with E-state index in [9.17, 15) is 13.2 Å². The Morgan fingerprint density at radius 1 is 1.17 bits per heavy atom. The minimum Gasteiger partial charge on any atom is -0.493 e. The molecule has 9 heteroatoms. The molecule has 1 atom stereocenters. The van der Waals surface area contributed by atoms with Crippen LogP contribution in [0.3, 0.4) is 0 Å². The number of nitrogens with zero attached hydrogens (tertiary/aromatic N) is 1. The quantitative estimate of drug-likeness (QED) is 0.834. The fourth-order valence-corrected chi connectivity index (χ4v) is 2.68. The van der Waals surface area contributed by atoms with Crippen LogP contribution in [0.4, 0.5) is 13.2 Å². The average molecular weight is 391 g/mol. The molecular weight excluding hydrogens is 368 g/mol. The molecule has 0 aliphatic carbocycles.